The molecule has 4 rings (SSSR count). The number of halogens is 1. The molecule has 2 N–H and O–H groups in total. The van der Waals surface area contributed by atoms with Gasteiger partial charge in [-0.3, -0.25) is 9.59 Å². The summed E-state index contributed by atoms with van der Waals surface area (Å²) in [7, 11) is 3.27. The van der Waals surface area contributed by atoms with Gasteiger partial charge in [-0.25, -0.2) is 9.37 Å². The standard InChI is InChI=1S/C28H29FN6O5/c1-4-18(27(37)38-3)15-16-35(2)24-14-9-21(17-30-24)31-25(36)26-33-34-28(40-26)32-20-7-12-23(13-8-20)39-22-10-5-19(29)6-11-22/h5-14,17-18H,4,15-16H2,1-3H3,(H,31,36)(H,32,34). The SMILES string of the molecule is CCC(CCN(C)c1ccc(NC(=O)c2nnc(Nc3ccc(Oc4ccc(F)cc4)cc3)o2)cn1)C(=O)OC. The third kappa shape index (κ3) is 7.53. The summed E-state index contributed by atoms with van der Waals surface area (Å²) in [5, 5.41) is 13.2. The summed E-state index contributed by atoms with van der Waals surface area (Å²) in [6.07, 6.45) is 2.86. The summed E-state index contributed by atoms with van der Waals surface area (Å²) in [4.78, 5) is 30.7. The molecule has 0 aliphatic heterocycles. The molecular weight excluding hydrogens is 519 g/mol. The Labute approximate surface area is 230 Å². The normalized spacial score (nSPS) is 11.4. The number of nitrogens with zero attached hydrogens (tertiary/aromatic N) is 4. The van der Waals surface area contributed by atoms with Crippen LogP contribution in [0.15, 0.2) is 71.3 Å². The zero-order valence-electron chi connectivity index (χ0n) is 22.3. The van der Waals surface area contributed by atoms with Crippen LogP contribution >= 0.6 is 0 Å². The number of pyridine rings is 1. The second-order valence-corrected chi connectivity index (χ2v) is 8.82. The van der Waals surface area contributed by atoms with Crippen LogP contribution in [0.4, 0.5) is 27.6 Å². The number of anilines is 4. The van der Waals surface area contributed by atoms with Gasteiger partial charge in [-0.15, -0.1) is 5.10 Å². The first-order valence-corrected chi connectivity index (χ1v) is 12.5. The number of nitrogens with one attached hydrogen (secondary N) is 2. The number of benzene rings is 2. The molecule has 0 aliphatic rings. The molecule has 0 saturated heterocycles. The zero-order valence-corrected chi connectivity index (χ0v) is 22.3. The summed E-state index contributed by atoms with van der Waals surface area (Å²) >= 11 is 0. The van der Waals surface area contributed by atoms with Crippen molar-refractivity contribution in [2.45, 2.75) is 19.8 Å². The monoisotopic (exact) mass is 548 g/mol. The first kappa shape index (κ1) is 28.0. The van der Waals surface area contributed by atoms with E-state index in [2.05, 4.69) is 25.8 Å². The predicted octanol–water partition coefficient (Wildman–Crippen LogP) is 5.42. The van der Waals surface area contributed by atoms with Crippen molar-refractivity contribution in [2.24, 2.45) is 5.92 Å². The van der Waals surface area contributed by atoms with E-state index in [-0.39, 0.29) is 29.6 Å². The molecule has 11 nitrogen and oxygen atoms in total. The van der Waals surface area contributed by atoms with Crippen LogP contribution in [0.3, 0.4) is 0 Å². The Morgan fingerprint density at radius 2 is 1.68 bits per heavy atom. The Hall–Kier alpha value is -5.00. The fraction of sp³-hybridized carbons (Fsp3) is 0.250. The number of hydrogen-bond donors (Lipinski definition) is 2. The molecule has 1 atom stereocenters. The van der Waals surface area contributed by atoms with Gasteiger partial charge in [0.15, 0.2) is 0 Å². The highest BCUT2D eigenvalue weighted by Gasteiger charge is 2.18. The van der Waals surface area contributed by atoms with Gasteiger partial charge < -0.3 is 29.4 Å². The molecule has 40 heavy (non-hydrogen) atoms. The van der Waals surface area contributed by atoms with Gasteiger partial charge in [-0.1, -0.05) is 12.0 Å². The fourth-order valence-corrected chi connectivity index (χ4v) is 3.72. The lowest BCUT2D eigenvalue weighted by Crippen LogP contribution is -2.25. The minimum Gasteiger partial charge on any atom is -0.469 e. The van der Waals surface area contributed by atoms with Crippen LogP contribution in [0.1, 0.15) is 30.5 Å². The summed E-state index contributed by atoms with van der Waals surface area (Å²) < 4.78 is 29.0. The first-order valence-electron chi connectivity index (χ1n) is 12.5. The highest BCUT2D eigenvalue weighted by atomic mass is 19.1. The molecule has 208 valence electrons. The van der Waals surface area contributed by atoms with Gasteiger partial charge in [0.1, 0.15) is 23.1 Å². The molecule has 0 bridgehead atoms. The van der Waals surface area contributed by atoms with E-state index < -0.39 is 5.91 Å². The smallest absolute Gasteiger partial charge is 0.320 e. The number of carbonyl (C=O) groups is 2. The van der Waals surface area contributed by atoms with Crippen molar-refractivity contribution in [2.75, 3.05) is 36.2 Å². The number of esters is 1. The molecule has 2 heterocycles. The lowest BCUT2D eigenvalue weighted by atomic mass is 10.0. The van der Waals surface area contributed by atoms with Crippen LogP contribution in [0.2, 0.25) is 0 Å². The summed E-state index contributed by atoms with van der Waals surface area (Å²) in [6.45, 7) is 2.57. The van der Waals surface area contributed by atoms with Gasteiger partial charge in [-0.2, -0.15) is 0 Å². The van der Waals surface area contributed by atoms with Crippen molar-refractivity contribution in [3.05, 3.63) is 78.6 Å². The van der Waals surface area contributed by atoms with Crippen LogP contribution in [0, 0.1) is 11.7 Å². The minimum atomic E-state index is -0.588. The molecule has 0 radical (unpaired) electrons. The van der Waals surface area contributed by atoms with Crippen LogP contribution in [-0.2, 0) is 9.53 Å². The van der Waals surface area contributed by atoms with Gasteiger partial charge in [0.25, 0.3) is 0 Å². The number of aromatic nitrogens is 3. The second kappa shape index (κ2) is 13.2. The Kier molecular flexibility index (Phi) is 9.23. The van der Waals surface area contributed by atoms with Gasteiger partial charge in [0, 0.05) is 19.3 Å². The average molecular weight is 549 g/mol. The van der Waals surface area contributed by atoms with Gasteiger partial charge in [-0.05, 0) is 73.5 Å². The van der Waals surface area contributed by atoms with Crippen molar-refractivity contribution in [3.8, 4) is 11.5 Å². The highest BCUT2D eigenvalue weighted by molar-refractivity contribution is 6.00. The van der Waals surface area contributed by atoms with E-state index in [1.807, 2.05) is 18.9 Å². The molecular formula is C28H29FN6O5. The topological polar surface area (TPSA) is 132 Å². The van der Waals surface area contributed by atoms with Crippen molar-refractivity contribution in [1.82, 2.24) is 15.2 Å². The Morgan fingerprint density at radius 3 is 2.30 bits per heavy atom. The van der Waals surface area contributed by atoms with E-state index in [0.717, 1.165) is 0 Å². The molecule has 0 aliphatic carbocycles. The Bertz CT molecular complexity index is 1410. The van der Waals surface area contributed by atoms with Crippen LogP contribution < -0.4 is 20.3 Å². The van der Waals surface area contributed by atoms with E-state index in [4.69, 9.17) is 13.9 Å². The third-order valence-electron chi connectivity index (χ3n) is 6.01. The van der Waals surface area contributed by atoms with Gasteiger partial charge in [0.2, 0.25) is 0 Å². The Morgan fingerprint density at radius 1 is 1.00 bits per heavy atom. The predicted molar refractivity (Wildman–Crippen MR) is 146 cm³/mol. The lowest BCUT2D eigenvalue weighted by Gasteiger charge is -2.21. The number of amides is 1. The molecule has 4 aromatic rings. The maximum atomic E-state index is 13.0. The third-order valence-corrected chi connectivity index (χ3v) is 6.01. The van der Waals surface area contributed by atoms with Gasteiger partial charge in [0.05, 0.1) is 24.9 Å². The van der Waals surface area contributed by atoms with Crippen LogP contribution in [0.25, 0.3) is 0 Å². The van der Waals surface area contributed by atoms with Crippen molar-refractivity contribution < 1.29 is 27.9 Å². The van der Waals surface area contributed by atoms with E-state index in [0.29, 0.717) is 48.1 Å². The summed E-state index contributed by atoms with van der Waals surface area (Å²) in [6, 6.07) is 16.1. The fourth-order valence-electron chi connectivity index (χ4n) is 3.72. The van der Waals surface area contributed by atoms with Crippen molar-refractivity contribution >= 4 is 35.1 Å². The van der Waals surface area contributed by atoms with Crippen molar-refractivity contribution in [3.63, 3.8) is 0 Å². The van der Waals surface area contributed by atoms with Gasteiger partial charge >= 0.3 is 23.8 Å². The minimum absolute atomic E-state index is 0.0322. The molecule has 1 amide bonds. The largest absolute Gasteiger partial charge is 0.469 e. The Balaban J connectivity index is 1.28. The van der Waals surface area contributed by atoms with Crippen LogP contribution in [0.5, 0.6) is 11.5 Å². The maximum absolute atomic E-state index is 13.0. The molecule has 0 spiro atoms. The van der Waals surface area contributed by atoms with Crippen LogP contribution in [-0.4, -0.2) is 47.8 Å². The molecule has 2 aromatic heterocycles. The van der Waals surface area contributed by atoms with Crippen molar-refractivity contribution in [1.29, 1.82) is 0 Å². The number of hydrogen-bond acceptors (Lipinski definition) is 10. The number of methoxy groups -OCH3 is 1. The molecule has 0 saturated carbocycles. The number of rotatable bonds is 12. The molecule has 0 fully saturated rings. The number of carbonyl (C=O) groups excluding carboxylic acids is 2. The van der Waals surface area contributed by atoms with E-state index >= 15 is 0 Å². The molecule has 12 heteroatoms. The second-order valence-electron chi connectivity index (χ2n) is 8.82. The number of ether oxygens (including phenoxy) is 2. The van der Waals surface area contributed by atoms with E-state index in [9.17, 15) is 14.0 Å². The maximum Gasteiger partial charge on any atom is 0.320 e. The summed E-state index contributed by atoms with van der Waals surface area (Å²) in [5.41, 5.74) is 1.08. The molecule has 1 unspecified atom stereocenters. The highest BCUT2D eigenvalue weighted by Crippen LogP contribution is 2.25. The average Bonchev–Trinajstić information content (AvgIpc) is 3.44. The zero-order chi connectivity index (χ0) is 28.5. The van der Waals surface area contributed by atoms with E-state index in [1.54, 1.807) is 36.4 Å². The first-order chi connectivity index (χ1) is 19.3. The summed E-state index contributed by atoms with van der Waals surface area (Å²) in [5.74, 6) is 0.216. The van der Waals surface area contributed by atoms with E-state index in [1.165, 1.54) is 37.6 Å². The lowest BCUT2D eigenvalue weighted by molar-refractivity contribution is -0.145. The quantitative estimate of drug-likeness (QED) is 0.221. The molecule has 2 aromatic carbocycles.